The Hall–Kier alpha value is -1.98. The SMILES string of the molecule is CC[C@H](O)/C=C/[C@H]1[C@H](O)CC(=O)[C@@H]1C/C=C\C/C=C\C/C=C\CCC(=O)O. The fourth-order valence-corrected chi connectivity index (χ4v) is 3.03. The van der Waals surface area contributed by atoms with Crippen molar-refractivity contribution in [2.24, 2.45) is 11.8 Å². The highest BCUT2D eigenvalue weighted by atomic mass is 16.4. The zero-order chi connectivity index (χ0) is 20.1. The van der Waals surface area contributed by atoms with E-state index < -0.39 is 18.2 Å². The molecule has 4 atom stereocenters. The predicted molar refractivity (Wildman–Crippen MR) is 106 cm³/mol. The highest BCUT2D eigenvalue weighted by molar-refractivity contribution is 5.84. The number of aliphatic carboxylic acids is 1. The van der Waals surface area contributed by atoms with Gasteiger partial charge in [0.25, 0.3) is 0 Å². The Labute approximate surface area is 161 Å². The minimum Gasteiger partial charge on any atom is -0.481 e. The van der Waals surface area contributed by atoms with E-state index in [-0.39, 0.29) is 30.5 Å². The van der Waals surface area contributed by atoms with Gasteiger partial charge in [0.15, 0.2) is 0 Å². The molecule has 0 spiro atoms. The van der Waals surface area contributed by atoms with E-state index in [0.717, 1.165) is 12.8 Å². The van der Waals surface area contributed by atoms with Crippen LogP contribution in [0.2, 0.25) is 0 Å². The van der Waals surface area contributed by atoms with Crippen LogP contribution in [0.5, 0.6) is 0 Å². The van der Waals surface area contributed by atoms with Gasteiger partial charge in [-0.2, -0.15) is 0 Å². The number of Topliss-reactive ketones (excluding diaryl/α,β-unsaturated/α-hetero) is 1. The fraction of sp³-hybridized carbons (Fsp3) is 0.545. The lowest BCUT2D eigenvalue weighted by molar-refractivity contribution is -0.136. The zero-order valence-corrected chi connectivity index (χ0v) is 16.0. The quantitative estimate of drug-likeness (QED) is 0.453. The Morgan fingerprint density at radius 2 is 1.78 bits per heavy atom. The van der Waals surface area contributed by atoms with Crippen molar-refractivity contribution in [1.29, 1.82) is 0 Å². The molecular formula is C22H32O5. The number of carboxylic acids is 1. The minimum atomic E-state index is -0.784. The normalized spacial score (nSPS) is 24.9. The van der Waals surface area contributed by atoms with Crippen LogP contribution in [-0.2, 0) is 9.59 Å². The third-order valence-electron chi connectivity index (χ3n) is 4.67. The van der Waals surface area contributed by atoms with Crippen molar-refractivity contribution in [2.75, 3.05) is 0 Å². The number of rotatable bonds is 12. The second-order valence-electron chi connectivity index (χ2n) is 6.84. The summed E-state index contributed by atoms with van der Waals surface area (Å²) in [4.78, 5) is 22.5. The van der Waals surface area contributed by atoms with Crippen LogP contribution in [0.25, 0.3) is 0 Å². The second-order valence-corrected chi connectivity index (χ2v) is 6.84. The number of ketones is 1. The van der Waals surface area contributed by atoms with Crippen molar-refractivity contribution in [3.8, 4) is 0 Å². The van der Waals surface area contributed by atoms with Crippen molar-refractivity contribution in [3.63, 3.8) is 0 Å². The summed E-state index contributed by atoms with van der Waals surface area (Å²) >= 11 is 0. The molecule has 0 aromatic carbocycles. The molecule has 0 aliphatic heterocycles. The summed E-state index contributed by atoms with van der Waals surface area (Å²) in [6.45, 7) is 1.88. The van der Waals surface area contributed by atoms with E-state index in [4.69, 9.17) is 5.11 Å². The van der Waals surface area contributed by atoms with Crippen LogP contribution in [0.15, 0.2) is 48.6 Å². The molecule has 3 N–H and O–H groups in total. The number of hydrogen-bond acceptors (Lipinski definition) is 4. The Balaban J connectivity index is 2.35. The fourth-order valence-electron chi connectivity index (χ4n) is 3.03. The van der Waals surface area contributed by atoms with Gasteiger partial charge in [0.1, 0.15) is 5.78 Å². The first-order chi connectivity index (χ1) is 13.0. The molecule has 1 aliphatic rings. The Kier molecular flexibility index (Phi) is 11.3. The molecule has 150 valence electrons. The van der Waals surface area contributed by atoms with Gasteiger partial charge in [0, 0.05) is 24.7 Å². The van der Waals surface area contributed by atoms with Crippen LogP contribution < -0.4 is 0 Å². The number of hydrogen-bond donors (Lipinski definition) is 3. The number of aliphatic hydroxyl groups is 2. The molecule has 1 fully saturated rings. The van der Waals surface area contributed by atoms with Crippen LogP contribution in [0, 0.1) is 11.8 Å². The van der Waals surface area contributed by atoms with Crippen LogP contribution in [0.3, 0.4) is 0 Å². The van der Waals surface area contributed by atoms with Crippen LogP contribution in [-0.4, -0.2) is 39.3 Å². The van der Waals surface area contributed by atoms with Crippen LogP contribution in [0.4, 0.5) is 0 Å². The lowest BCUT2D eigenvalue weighted by Crippen LogP contribution is -2.18. The molecule has 1 rings (SSSR count). The number of allylic oxidation sites excluding steroid dienone is 6. The van der Waals surface area contributed by atoms with Gasteiger partial charge in [-0.25, -0.2) is 0 Å². The molecule has 0 aromatic heterocycles. The molecule has 0 saturated heterocycles. The van der Waals surface area contributed by atoms with Gasteiger partial charge in [-0.05, 0) is 32.1 Å². The Bertz CT molecular complexity index is 573. The van der Waals surface area contributed by atoms with Crippen molar-refractivity contribution in [2.45, 2.75) is 64.1 Å². The highest BCUT2D eigenvalue weighted by Gasteiger charge is 2.39. The van der Waals surface area contributed by atoms with Crippen molar-refractivity contribution < 1.29 is 24.9 Å². The van der Waals surface area contributed by atoms with E-state index in [0.29, 0.717) is 19.3 Å². The van der Waals surface area contributed by atoms with Crippen LogP contribution >= 0.6 is 0 Å². The number of carbonyl (C=O) groups excluding carboxylic acids is 1. The van der Waals surface area contributed by atoms with E-state index >= 15 is 0 Å². The smallest absolute Gasteiger partial charge is 0.303 e. The van der Waals surface area contributed by atoms with Crippen molar-refractivity contribution >= 4 is 11.8 Å². The largest absolute Gasteiger partial charge is 0.481 e. The van der Waals surface area contributed by atoms with E-state index in [1.807, 2.05) is 43.4 Å². The lowest BCUT2D eigenvalue weighted by atomic mass is 9.90. The summed E-state index contributed by atoms with van der Waals surface area (Å²) in [6.07, 6.45) is 17.7. The molecular weight excluding hydrogens is 344 g/mol. The van der Waals surface area contributed by atoms with Gasteiger partial charge in [-0.15, -0.1) is 0 Å². The molecule has 0 bridgehead atoms. The minimum absolute atomic E-state index is 0.0785. The van der Waals surface area contributed by atoms with E-state index in [1.54, 1.807) is 12.2 Å². The number of carboxylic acid groups (broad SMARTS) is 1. The van der Waals surface area contributed by atoms with E-state index in [9.17, 15) is 19.8 Å². The maximum Gasteiger partial charge on any atom is 0.303 e. The first-order valence-electron chi connectivity index (χ1n) is 9.69. The molecule has 1 aliphatic carbocycles. The van der Waals surface area contributed by atoms with Crippen molar-refractivity contribution in [1.82, 2.24) is 0 Å². The van der Waals surface area contributed by atoms with Gasteiger partial charge in [-0.1, -0.05) is 55.5 Å². The highest BCUT2D eigenvalue weighted by Crippen LogP contribution is 2.33. The molecule has 0 aromatic rings. The van der Waals surface area contributed by atoms with Gasteiger partial charge in [0.2, 0.25) is 0 Å². The summed E-state index contributed by atoms with van der Waals surface area (Å²) in [5.41, 5.74) is 0. The van der Waals surface area contributed by atoms with E-state index in [1.165, 1.54) is 0 Å². The maximum absolute atomic E-state index is 12.1. The summed E-state index contributed by atoms with van der Waals surface area (Å²) in [5.74, 6) is -1.16. The van der Waals surface area contributed by atoms with Gasteiger partial charge < -0.3 is 15.3 Å². The number of carbonyl (C=O) groups is 2. The topological polar surface area (TPSA) is 94.8 Å². The average molecular weight is 376 g/mol. The molecule has 27 heavy (non-hydrogen) atoms. The Morgan fingerprint density at radius 1 is 1.15 bits per heavy atom. The maximum atomic E-state index is 12.1. The molecule has 0 unspecified atom stereocenters. The summed E-state index contributed by atoms with van der Waals surface area (Å²) in [5, 5.41) is 28.2. The number of aliphatic hydroxyl groups excluding tert-OH is 2. The second kappa shape index (κ2) is 13.2. The Morgan fingerprint density at radius 3 is 2.41 bits per heavy atom. The first kappa shape index (κ1) is 23.1. The average Bonchev–Trinajstić information content (AvgIpc) is 2.90. The molecule has 0 radical (unpaired) electrons. The molecule has 1 saturated carbocycles. The molecule has 0 amide bonds. The first-order valence-corrected chi connectivity index (χ1v) is 9.69. The van der Waals surface area contributed by atoms with Crippen LogP contribution in [0.1, 0.15) is 51.9 Å². The van der Waals surface area contributed by atoms with E-state index in [2.05, 4.69) is 0 Å². The summed E-state index contributed by atoms with van der Waals surface area (Å²) in [6, 6.07) is 0. The van der Waals surface area contributed by atoms with Gasteiger partial charge >= 0.3 is 5.97 Å². The third kappa shape index (κ3) is 9.50. The van der Waals surface area contributed by atoms with Gasteiger partial charge in [0.05, 0.1) is 12.2 Å². The summed E-state index contributed by atoms with van der Waals surface area (Å²) in [7, 11) is 0. The summed E-state index contributed by atoms with van der Waals surface area (Å²) < 4.78 is 0. The van der Waals surface area contributed by atoms with Gasteiger partial charge in [-0.3, -0.25) is 9.59 Å². The lowest BCUT2D eigenvalue weighted by Gasteiger charge is -2.16. The molecule has 5 nitrogen and oxygen atoms in total. The van der Waals surface area contributed by atoms with Crippen molar-refractivity contribution in [3.05, 3.63) is 48.6 Å². The predicted octanol–water partition coefficient (Wildman–Crippen LogP) is 3.58. The zero-order valence-electron chi connectivity index (χ0n) is 16.0. The standard InChI is InChI=1S/C22H32O5/c1-2-17(23)14-15-19-18(20(24)16-21(19)25)12-10-8-6-4-3-5-7-9-11-13-22(26)27/h3-4,7-10,14-15,17-19,21,23,25H,2,5-6,11-13,16H2,1H3,(H,26,27)/b4-3-,9-7-,10-8-,15-14+/t17-,18+,19+,21+/m0/s1. The third-order valence-corrected chi connectivity index (χ3v) is 4.67. The molecule has 5 heteroatoms. The monoisotopic (exact) mass is 376 g/mol. The molecule has 0 heterocycles.